The van der Waals surface area contributed by atoms with Crippen LogP contribution in [0.5, 0.6) is 0 Å². The number of hydrogen-bond acceptors (Lipinski definition) is 1. The summed E-state index contributed by atoms with van der Waals surface area (Å²) in [6, 6.07) is 3.57. The van der Waals surface area contributed by atoms with Gasteiger partial charge in [-0.15, -0.1) is 0 Å². The van der Waals surface area contributed by atoms with E-state index in [1.807, 2.05) is 0 Å². The third-order valence-electron chi connectivity index (χ3n) is 2.35. The first-order valence-electron chi connectivity index (χ1n) is 5.13. The van der Waals surface area contributed by atoms with E-state index in [1.54, 1.807) is 0 Å². The first-order chi connectivity index (χ1) is 7.65. The molecule has 2 rings (SSSR count). The van der Waals surface area contributed by atoms with Crippen molar-refractivity contribution in [2.75, 3.05) is 0 Å². The number of carbonyl (C=O) groups excluding carboxylic acids is 1. The second kappa shape index (κ2) is 4.47. The Kier molecular flexibility index (Phi) is 3.03. The molecule has 0 aromatic heterocycles. The summed E-state index contributed by atoms with van der Waals surface area (Å²) in [7, 11) is 0. The molecular formula is C11H12F2N2O. The largest absolute Gasteiger partial charge is 0.335 e. The van der Waals surface area contributed by atoms with Gasteiger partial charge in [0.05, 0.1) is 0 Å². The number of carbonyl (C=O) groups is 1. The maximum atomic E-state index is 12.8. The third-order valence-corrected chi connectivity index (χ3v) is 2.35. The van der Waals surface area contributed by atoms with E-state index in [-0.39, 0.29) is 18.6 Å². The predicted octanol–water partition coefficient (Wildman–Crippen LogP) is 1.93. The minimum Gasteiger partial charge on any atom is -0.335 e. The molecule has 5 heteroatoms. The zero-order valence-electron chi connectivity index (χ0n) is 8.59. The van der Waals surface area contributed by atoms with E-state index in [4.69, 9.17) is 0 Å². The molecule has 0 radical (unpaired) electrons. The Labute approximate surface area is 91.8 Å². The van der Waals surface area contributed by atoms with E-state index in [2.05, 4.69) is 10.6 Å². The molecule has 1 aromatic carbocycles. The Hall–Kier alpha value is -1.65. The third kappa shape index (κ3) is 2.92. The van der Waals surface area contributed by atoms with Gasteiger partial charge in [0, 0.05) is 12.6 Å². The number of nitrogens with one attached hydrogen (secondary N) is 2. The standard InChI is InChI=1S/C11H12F2N2O/c12-9-4-1-7(5-10(9)13)6-14-11(16)15-8-2-3-8/h1,4-5,8H,2-3,6H2,(H2,14,15,16). The molecule has 1 aliphatic rings. The lowest BCUT2D eigenvalue weighted by molar-refractivity contribution is 0.240. The van der Waals surface area contributed by atoms with Gasteiger partial charge in [-0.25, -0.2) is 13.6 Å². The normalized spacial score (nSPS) is 14.6. The highest BCUT2D eigenvalue weighted by Crippen LogP contribution is 2.18. The van der Waals surface area contributed by atoms with Crippen molar-refractivity contribution in [2.45, 2.75) is 25.4 Å². The lowest BCUT2D eigenvalue weighted by Crippen LogP contribution is -2.36. The van der Waals surface area contributed by atoms with Crippen molar-refractivity contribution in [1.82, 2.24) is 10.6 Å². The van der Waals surface area contributed by atoms with Gasteiger partial charge in [-0.1, -0.05) is 6.07 Å². The fraction of sp³-hybridized carbons (Fsp3) is 0.364. The number of benzene rings is 1. The van der Waals surface area contributed by atoms with Crippen molar-refractivity contribution in [2.24, 2.45) is 0 Å². The Morgan fingerprint density at radius 1 is 1.31 bits per heavy atom. The highest BCUT2D eigenvalue weighted by molar-refractivity contribution is 5.74. The minimum absolute atomic E-state index is 0.190. The van der Waals surface area contributed by atoms with E-state index in [1.165, 1.54) is 6.07 Å². The highest BCUT2D eigenvalue weighted by Gasteiger charge is 2.22. The van der Waals surface area contributed by atoms with E-state index in [0.29, 0.717) is 5.56 Å². The molecule has 1 aliphatic carbocycles. The second-order valence-electron chi connectivity index (χ2n) is 3.85. The molecule has 0 heterocycles. The molecule has 0 spiro atoms. The summed E-state index contributed by atoms with van der Waals surface area (Å²) in [5.74, 6) is -1.78. The second-order valence-corrected chi connectivity index (χ2v) is 3.85. The summed E-state index contributed by atoms with van der Waals surface area (Å²) in [6.45, 7) is 0.190. The summed E-state index contributed by atoms with van der Waals surface area (Å²) in [4.78, 5) is 11.2. The Balaban J connectivity index is 1.83. The molecule has 0 aliphatic heterocycles. The lowest BCUT2D eigenvalue weighted by Gasteiger charge is -2.06. The van der Waals surface area contributed by atoms with Crippen molar-refractivity contribution in [3.8, 4) is 0 Å². The summed E-state index contributed by atoms with van der Waals surface area (Å²) in [5, 5.41) is 5.31. The number of amides is 2. The van der Waals surface area contributed by atoms with Crippen molar-refractivity contribution in [3.63, 3.8) is 0 Å². The van der Waals surface area contributed by atoms with Gasteiger partial charge in [-0.3, -0.25) is 0 Å². The molecule has 1 fully saturated rings. The molecule has 2 amide bonds. The van der Waals surface area contributed by atoms with Crippen molar-refractivity contribution in [3.05, 3.63) is 35.4 Å². The summed E-state index contributed by atoms with van der Waals surface area (Å²) in [6.07, 6.45) is 2.02. The van der Waals surface area contributed by atoms with Gasteiger partial charge in [-0.2, -0.15) is 0 Å². The monoisotopic (exact) mass is 226 g/mol. The van der Waals surface area contributed by atoms with Gasteiger partial charge in [0.2, 0.25) is 0 Å². The molecule has 2 N–H and O–H groups in total. The summed E-state index contributed by atoms with van der Waals surface area (Å²) >= 11 is 0. The van der Waals surface area contributed by atoms with Crippen molar-refractivity contribution in [1.29, 1.82) is 0 Å². The number of halogens is 2. The lowest BCUT2D eigenvalue weighted by atomic mass is 10.2. The van der Waals surface area contributed by atoms with E-state index >= 15 is 0 Å². The van der Waals surface area contributed by atoms with Crippen molar-refractivity contribution >= 4 is 6.03 Å². The molecular weight excluding hydrogens is 214 g/mol. The Bertz CT molecular complexity index is 405. The predicted molar refractivity (Wildman–Crippen MR) is 54.8 cm³/mol. The highest BCUT2D eigenvalue weighted by atomic mass is 19.2. The van der Waals surface area contributed by atoms with Crippen molar-refractivity contribution < 1.29 is 13.6 Å². The number of rotatable bonds is 3. The quantitative estimate of drug-likeness (QED) is 0.812. The molecule has 0 saturated heterocycles. The molecule has 0 unspecified atom stereocenters. The van der Waals surface area contributed by atoms with Crippen LogP contribution in [0.15, 0.2) is 18.2 Å². The summed E-state index contributed by atoms with van der Waals surface area (Å²) in [5.41, 5.74) is 0.532. The number of hydrogen-bond donors (Lipinski definition) is 2. The van der Waals surface area contributed by atoms with Gasteiger partial charge in [0.15, 0.2) is 11.6 Å². The topological polar surface area (TPSA) is 41.1 Å². The molecule has 1 saturated carbocycles. The molecule has 86 valence electrons. The van der Waals surface area contributed by atoms with Crippen LogP contribution in [0, 0.1) is 11.6 Å². The Morgan fingerprint density at radius 2 is 2.06 bits per heavy atom. The first-order valence-corrected chi connectivity index (χ1v) is 5.13. The molecule has 1 aromatic rings. The zero-order chi connectivity index (χ0) is 11.5. The fourth-order valence-electron chi connectivity index (χ4n) is 1.30. The van der Waals surface area contributed by atoms with E-state index in [0.717, 1.165) is 25.0 Å². The van der Waals surface area contributed by atoms with Crippen LogP contribution in [0.25, 0.3) is 0 Å². The van der Waals surface area contributed by atoms with Crippen LogP contribution in [-0.2, 0) is 6.54 Å². The summed E-state index contributed by atoms with van der Waals surface area (Å²) < 4.78 is 25.4. The Morgan fingerprint density at radius 3 is 2.69 bits per heavy atom. The maximum absolute atomic E-state index is 12.8. The van der Waals surface area contributed by atoms with Gasteiger partial charge < -0.3 is 10.6 Å². The molecule has 0 atom stereocenters. The van der Waals surface area contributed by atoms with E-state index < -0.39 is 11.6 Å². The van der Waals surface area contributed by atoms with Crippen LogP contribution in [0.2, 0.25) is 0 Å². The van der Waals surface area contributed by atoms with Gasteiger partial charge >= 0.3 is 6.03 Å². The van der Waals surface area contributed by atoms with E-state index in [9.17, 15) is 13.6 Å². The SMILES string of the molecule is O=C(NCc1ccc(F)c(F)c1)NC1CC1. The maximum Gasteiger partial charge on any atom is 0.315 e. The zero-order valence-corrected chi connectivity index (χ0v) is 8.59. The number of urea groups is 1. The average Bonchev–Trinajstić information content (AvgIpc) is 3.04. The van der Waals surface area contributed by atoms with Crippen LogP contribution >= 0.6 is 0 Å². The van der Waals surface area contributed by atoms with Crippen LogP contribution in [0.1, 0.15) is 18.4 Å². The van der Waals surface area contributed by atoms with Crippen LogP contribution < -0.4 is 10.6 Å². The van der Waals surface area contributed by atoms with Gasteiger partial charge in [-0.05, 0) is 30.5 Å². The van der Waals surface area contributed by atoms with Crippen LogP contribution in [-0.4, -0.2) is 12.1 Å². The molecule has 0 bridgehead atoms. The molecule has 16 heavy (non-hydrogen) atoms. The smallest absolute Gasteiger partial charge is 0.315 e. The minimum atomic E-state index is -0.901. The van der Waals surface area contributed by atoms with Crippen LogP contribution in [0.3, 0.4) is 0 Å². The van der Waals surface area contributed by atoms with Gasteiger partial charge in [0.1, 0.15) is 0 Å². The average molecular weight is 226 g/mol. The molecule has 3 nitrogen and oxygen atoms in total. The fourth-order valence-corrected chi connectivity index (χ4v) is 1.30. The van der Waals surface area contributed by atoms with Gasteiger partial charge in [0.25, 0.3) is 0 Å². The first kappa shape index (κ1) is 10.9. The van der Waals surface area contributed by atoms with Crippen LogP contribution in [0.4, 0.5) is 13.6 Å².